The molecule has 0 aliphatic heterocycles. The van der Waals surface area contributed by atoms with E-state index < -0.39 is 0 Å². The Hall–Kier alpha value is -1.94. The first-order chi connectivity index (χ1) is 8.25. The van der Waals surface area contributed by atoms with Crippen molar-refractivity contribution in [3.8, 4) is 10.6 Å². The standard InChI is InChI=1S/C13H11N3S/c1-8-3-2-4-9(14)12(8)13-16-10-7-15-6-5-11(10)17-13/h2-7H,14H2,1H3. The Balaban J connectivity index is 2.27. The predicted molar refractivity (Wildman–Crippen MR) is 72.0 cm³/mol. The Morgan fingerprint density at radius 2 is 2.12 bits per heavy atom. The topological polar surface area (TPSA) is 51.8 Å². The van der Waals surface area contributed by atoms with E-state index in [0.717, 1.165) is 32.0 Å². The van der Waals surface area contributed by atoms with Gasteiger partial charge in [0.1, 0.15) is 10.5 Å². The lowest BCUT2D eigenvalue weighted by atomic mass is 10.1. The van der Waals surface area contributed by atoms with Crippen LogP contribution in [-0.4, -0.2) is 9.97 Å². The van der Waals surface area contributed by atoms with E-state index in [1.54, 1.807) is 23.7 Å². The summed E-state index contributed by atoms with van der Waals surface area (Å²) in [5.74, 6) is 0. The molecule has 0 saturated carbocycles. The number of nitrogens with zero attached hydrogens (tertiary/aromatic N) is 2. The lowest BCUT2D eigenvalue weighted by Gasteiger charge is -2.05. The Morgan fingerprint density at radius 3 is 2.88 bits per heavy atom. The van der Waals surface area contributed by atoms with Gasteiger partial charge in [0, 0.05) is 17.4 Å². The highest BCUT2D eigenvalue weighted by atomic mass is 32.1. The zero-order valence-electron chi connectivity index (χ0n) is 9.34. The second kappa shape index (κ2) is 3.82. The van der Waals surface area contributed by atoms with Crippen LogP contribution < -0.4 is 5.73 Å². The fraction of sp³-hybridized carbons (Fsp3) is 0.0769. The van der Waals surface area contributed by atoms with Crippen molar-refractivity contribution < 1.29 is 0 Å². The monoisotopic (exact) mass is 241 g/mol. The van der Waals surface area contributed by atoms with Crippen molar-refractivity contribution in [3.05, 3.63) is 42.2 Å². The third-order valence-corrected chi connectivity index (χ3v) is 3.76. The van der Waals surface area contributed by atoms with Crippen LogP contribution in [0.25, 0.3) is 20.8 Å². The minimum absolute atomic E-state index is 0.775. The number of pyridine rings is 1. The van der Waals surface area contributed by atoms with Crippen LogP contribution in [0.4, 0.5) is 5.69 Å². The molecule has 0 atom stereocenters. The molecule has 0 amide bonds. The Bertz CT molecular complexity index is 635. The number of hydrogen-bond acceptors (Lipinski definition) is 4. The molecule has 2 aromatic heterocycles. The average molecular weight is 241 g/mol. The zero-order chi connectivity index (χ0) is 11.8. The molecule has 2 N–H and O–H groups in total. The maximum atomic E-state index is 6.03. The molecule has 4 heteroatoms. The van der Waals surface area contributed by atoms with E-state index in [2.05, 4.69) is 23.0 Å². The van der Waals surface area contributed by atoms with Crippen LogP contribution in [-0.2, 0) is 0 Å². The van der Waals surface area contributed by atoms with E-state index in [-0.39, 0.29) is 0 Å². The molecule has 0 bridgehead atoms. The van der Waals surface area contributed by atoms with Gasteiger partial charge in [-0.3, -0.25) is 4.98 Å². The van der Waals surface area contributed by atoms with Gasteiger partial charge in [-0.2, -0.15) is 0 Å². The van der Waals surface area contributed by atoms with Gasteiger partial charge in [-0.25, -0.2) is 4.98 Å². The van der Waals surface area contributed by atoms with Crippen molar-refractivity contribution in [1.29, 1.82) is 0 Å². The molecule has 3 nitrogen and oxygen atoms in total. The van der Waals surface area contributed by atoms with Crippen LogP contribution in [0.5, 0.6) is 0 Å². The van der Waals surface area contributed by atoms with E-state index in [4.69, 9.17) is 5.73 Å². The van der Waals surface area contributed by atoms with Gasteiger partial charge in [0.25, 0.3) is 0 Å². The number of nitrogen functional groups attached to an aromatic ring is 1. The zero-order valence-corrected chi connectivity index (χ0v) is 10.2. The van der Waals surface area contributed by atoms with Crippen LogP contribution in [0, 0.1) is 6.92 Å². The van der Waals surface area contributed by atoms with E-state index in [1.807, 2.05) is 18.2 Å². The Kier molecular flexibility index (Phi) is 2.30. The summed E-state index contributed by atoms with van der Waals surface area (Å²) in [4.78, 5) is 8.66. The van der Waals surface area contributed by atoms with Crippen molar-refractivity contribution in [3.63, 3.8) is 0 Å². The second-order valence-corrected chi connectivity index (χ2v) is 4.93. The Morgan fingerprint density at radius 1 is 1.24 bits per heavy atom. The number of hydrogen-bond donors (Lipinski definition) is 1. The smallest absolute Gasteiger partial charge is 0.127 e. The first kappa shape index (κ1) is 10.2. The third-order valence-electron chi connectivity index (χ3n) is 2.71. The van der Waals surface area contributed by atoms with Crippen molar-refractivity contribution >= 4 is 27.2 Å². The van der Waals surface area contributed by atoms with Gasteiger partial charge < -0.3 is 5.73 Å². The molecule has 0 saturated heterocycles. The number of thiazole rings is 1. The molecule has 0 unspecified atom stereocenters. The van der Waals surface area contributed by atoms with Crippen molar-refractivity contribution in [2.75, 3.05) is 5.73 Å². The summed E-state index contributed by atoms with van der Waals surface area (Å²) in [5.41, 5.74) is 9.91. The number of rotatable bonds is 1. The summed E-state index contributed by atoms with van der Waals surface area (Å²) in [6.45, 7) is 2.05. The van der Waals surface area contributed by atoms with Crippen LogP contribution in [0.3, 0.4) is 0 Å². The summed E-state index contributed by atoms with van der Waals surface area (Å²) in [6.07, 6.45) is 3.56. The van der Waals surface area contributed by atoms with Crippen LogP contribution >= 0.6 is 11.3 Å². The summed E-state index contributed by atoms with van der Waals surface area (Å²) in [7, 11) is 0. The van der Waals surface area contributed by atoms with E-state index in [1.165, 1.54) is 0 Å². The molecule has 0 spiro atoms. The minimum atomic E-state index is 0.775. The fourth-order valence-electron chi connectivity index (χ4n) is 1.87. The largest absolute Gasteiger partial charge is 0.398 e. The number of benzene rings is 1. The number of fused-ring (bicyclic) bond motifs is 1. The molecule has 0 fully saturated rings. The molecular formula is C13H11N3S. The summed E-state index contributed by atoms with van der Waals surface area (Å²) < 4.78 is 1.14. The highest BCUT2D eigenvalue weighted by molar-refractivity contribution is 7.21. The van der Waals surface area contributed by atoms with Crippen molar-refractivity contribution in [2.24, 2.45) is 0 Å². The predicted octanol–water partition coefficient (Wildman–Crippen LogP) is 3.25. The van der Waals surface area contributed by atoms with E-state index >= 15 is 0 Å². The number of aromatic nitrogens is 2. The lowest BCUT2D eigenvalue weighted by Crippen LogP contribution is -1.91. The third kappa shape index (κ3) is 1.66. The van der Waals surface area contributed by atoms with Crippen LogP contribution in [0.15, 0.2) is 36.7 Å². The van der Waals surface area contributed by atoms with Gasteiger partial charge in [-0.1, -0.05) is 12.1 Å². The molecular weight excluding hydrogens is 230 g/mol. The maximum absolute atomic E-state index is 6.03. The van der Waals surface area contributed by atoms with Crippen molar-refractivity contribution in [1.82, 2.24) is 9.97 Å². The SMILES string of the molecule is Cc1cccc(N)c1-c1nc2cnccc2s1. The van der Waals surface area contributed by atoms with Crippen LogP contribution in [0.2, 0.25) is 0 Å². The van der Waals surface area contributed by atoms with Crippen LogP contribution in [0.1, 0.15) is 5.56 Å². The van der Waals surface area contributed by atoms with Gasteiger partial charge in [0.15, 0.2) is 0 Å². The van der Waals surface area contributed by atoms with Crippen molar-refractivity contribution in [2.45, 2.75) is 6.92 Å². The first-order valence-electron chi connectivity index (χ1n) is 5.32. The highest BCUT2D eigenvalue weighted by Crippen LogP contribution is 2.34. The average Bonchev–Trinajstić information content (AvgIpc) is 2.71. The maximum Gasteiger partial charge on any atom is 0.127 e. The molecule has 0 aliphatic carbocycles. The molecule has 17 heavy (non-hydrogen) atoms. The highest BCUT2D eigenvalue weighted by Gasteiger charge is 2.11. The van der Waals surface area contributed by atoms with Gasteiger partial charge in [-0.05, 0) is 24.6 Å². The molecule has 3 aromatic rings. The molecule has 0 radical (unpaired) electrons. The summed E-state index contributed by atoms with van der Waals surface area (Å²) >= 11 is 1.65. The van der Waals surface area contributed by atoms with Gasteiger partial charge in [-0.15, -0.1) is 11.3 Å². The van der Waals surface area contributed by atoms with Gasteiger partial charge in [0.05, 0.1) is 10.9 Å². The normalized spacial score (nSPS) is 10.9. The second-order valence-electron chi connectivity index (χ2n) is 3.90. The summed E-state index contributed by atoms with van der Waals surface area (Å²) in [5, 5.41) is 0.962. The quantitative estimate of drug-likeness (QED) is 0.665. The molecule has 84 valence electrons. The number of aryl methyl sites for hydroxylation is 1. The molecule has 1 aromatic carbocycles. The molecule has 3 rings (SSSR count). The summed E-state index contributed by atoms with van der Waals surface area (Å²) in [6, 6.07) is 7.90. The van der Waals surface area contributed by atoms with E-state index in [0.29, 0.717) is 0 Å². The first-order valence-corrected chi connectivity index (χ1v) is 6.13. The van der Waals surface area contributed by atoms with Gasteiger partial charge in [0.2, 0.25) is 0 Å². The minimum Gasteiger partial charge on any atom is -0.398 e. The lowest BCUT2D eigenvalue weighted by molar-refractivity contribution is 1.33. The fourth-order valence-corrected chi connectivity index (χ4v) is 2.93. The van der Waals surface area contributed by atoms with E-state index in [9.17, 15) is 0 Å². The Labute approximate surface area is 103 Å². The molecule has 0 aliphatic rings. The van der Waals surface area contributed by atoms with Gasteiger partial charge >= 0.3 is 0 Å². The molecule has 2 heterocycles. The number of anilines is 1. The number of nitrogens with two attached hydrogens (primary N) is 1.